The summed E-state index contributed by atoms with van der Waals surface area (Å²) in [7, 11) is 4.13. The Morgan fingerprint density at radius 1 is 1.38 bits per heavy atom. The van der Waals surface area contributed by atoms with Gasteiger partial charge in [-0.15, -0.1) is 0 Å². The van der Waals surface area contributed by atoms with Crippen LogP contribution in [0.1, 0.15) is 25.3 Å². The standard InChI is InChI=1S/C16H24BrN3O/c1-16(18,12-6-8-13(17)9-7-12)15(21)20-10-4-5-14(11-20)19(2)3/h6-9,14H,4-5,10-11,18H2,1-3H3. The fraction of sp³-hybridized carbons (Fsp3) is 0.562. The molecule has 1 amide bonds. The predicted molar refractivity (Wildman–Crippen MR) is 89.0 cm³/mol. The predicted octanol–water partition coefficient (Wildman–Crippen LogP) is 2.18. The van der Waals surface area contributed by atoms with Crippen LogP contribution >= 0.6 is 15.9 Å². The first-order valence-electron chi connectivity index (χ1n) is 7.33. The van der Waals surface area contributed by atoms with Crippen molar-refractivity contribution in [1.82, 2.24) is 9.80 Å². The van der Waals surface area contributed by atoms with Crippen molar-refractivity contribution in [1.29, 1.82) is 0 Å². The van der Waals surface area contributed by atoms with Crippen LogP contribution in [-0.4, -0.2) is 48.9 Å². The first-order chi connectivity index (χ1) is 9.82. The van der Waals surface area contributed by atoms with E-state index in [1.165, 1.54) is 0 Å². The van der Waals surface area contributed by atoms with E-state index in [-0.39, 0.29) is 5.91 Å². The van der Waals surface area contributed by atoms with Crippen molar-refractivity contribution in [2.24, 2.45) is 5.73 Å². The van der Waals surface area contributed by atoms with Crippen molar-refractivity contribution in [3.63, 3.8) is 0 Å². The van der Waals surface area contributed by atoms with E-state index < -0.39 is 5.54 Å². The molecular formula is C16H24BrN3O. The summed E-state index contributed by atoms with van der Waals surface area (Å²) in [6.45, 7) is 3.36. The highest BCUT2D eigenvalue weighted by atomic mass is 79.9. The number of amides is 1. The van der Waals surface area contributed by atoms with Gasteiger partial charge in [0.2, 0.25) is 5.91 Å². The summed E-state index contributed by atoms with van der Waals surface area (Å²) in [4.78, 5) is 16.9. The van der Waals surface area contributed by atoms with Gasteiger partial charge < -0.3 is 15.5 Å². The molecule has 0 aliphatic carbocycles. The van der Waals surface area contributed by atoms with E-state index in [9.17, 15) is 4.79 Å². The van der Waals surface area contributed by atoms with Crippen LogP contribution in [0.2, 0.25) is 0 Å². The van der Waals surface area contributed by atoms with Gasteiger partial charge in [-0.2, -0.15) is 0 Å². The van der Waals surface area contributed by atoms with Crippen LogP contribution in [0.5, 0.6) is 0 Å². The fourth-order valence-corrected chi connectivity index (χ4v) is 3.07. The molecule has 1 aliphatic heterocycles. The molecule has 0 radical (unpaired) electrons. The minimum absolute atomic E-state index is 0.0105. The number of carbonyl (C=O) groups is 1. The second-order valence-corrected chi connectivity index (χ2v) is 7.14. The monoisotopic (exact) mass is 353 g/mol. The van der Waals surface area contributed by atoms with Gasteiger partial charge in [-0.25, -0.2) is 0 Å². The SMILES string of the molecule is CN(C)C1CCCN(C(=O)C(C)(N)c2ccc(Br)cc2)C1. The summed E-state index contributed by atoms with van der Waals surface area (Å²) in [5.74, 6) is 0.0105. The molecule has 0 aromatic heterocycles. The number of likely N-dealkylation sites (N-methyl/N-ethyl adjacent to an activating group) is 1. The number of likely N-dealkylation sites (tertiary alicyclic amines) is 1. The van der Waals surface area contributed by atoms with Crippen molar-refractivity contribution in [2.45, 2.75) is 31.3 Å². The summed E-state index contributed by atoms with van der Waals surface area (Å²) < 4.78 is 0.986. The minimum atomic E-state index is -0.977. The lowest BCUT2D eigenvalue weighted by molar-refractivity contribution is -0.138. The molecule has 116 valence electrons. The lowest BCUT2D eigenvalue weighted by Crippen LogP contribution is -2.56. The largest absolute Gasteiger partial charge is 0.339 e. The Morgan fingerprint density at radius 2 is 2.00 bits per heavy atom. The van der Waals surface area contributed by atoms with E-state index in [4.69, 9.17) is 5.73 Å². The Hall–Kier alpha value is -0.910. The van der Waals surface area contributed by atoms with Crippen molar-refractivity contribution in [3.8, 4) is 0 Å². The Kier molecular flexibility index (Phi) is 5.07. The maximum Gasteiger partial charge on any atom is 0.247 e. The minimum Gasteiger partial charge on any atom is -0.339 e. The van der Waals surface area contributed by atoms with E-state index in [1.54, 1.807) is 6.92 Å². The quantitative estimate of drug-likeness (QED) is 0.905. The van der Waals surface area contributed by atoms with E-state index in [2.05, 4.69) is 34.9 Å². The third-order valence-electron chi connectivity index (χ3n) is 4.30. The lowest BCUT2D eigenvalue weighted by atomic mass is 9.90. The zero-order valence-corrected chi connectivity index (χ0v) is 14.6. The molecule has 5 heteroatoms. The molecular weight excluding hydrogens is 330 g/mol. The molecule has 2 unspecified atom stereocenters. The number of carbonyl (C=O) groups excluding carboxylic acids is 1. The zero-order chi connectivity index (χ0) is 15.6. The number of benzene rings is 1. The van der Waals surface area contributed by atoms with Gasteiger partial charge in [-0.1, -0.05) is 28.1 Å². The van der Waals surface area contributed by atoms with Crippen LogP contribution < -0.4 is 5.73 Å². The Labute approximate surface area is 135 Å². The van der Waals surface area contributed by atoms with Crippen molar-refractivity contribution >= 4 is 21.8 Å². The van der Waals surface area contributed by atoms with E-state index >= 15 is 0 Å². The van der Waals surface area contributed by atoms with Gasteiger partial charge in [-0.3, -0.25) is 4.79 Å². The molecule has 1 aromatic rings. The van der Waals surface area contributed by atoms with Crippen molar-refractivity contribution in [2.75, 3.05) is 27.2 Å². The average Bonchev–Trinajstić information content (AvgIpc) is 2.47. The lowest BCUT2D eigenvalue weighted by Gasteiger charge is -2.39. The molecule has 1 saturated heterocycles. The number of hydrogen-bond acceptors (Lipinski definition) is 3. The van der Waals surface area contributed by atoms with Gasteiger partial charge in [-0.05, 0) is 51.6 Å². The number of piperidine rings is 1. The van der Waals surface area contributed by atoms with Crippen LogP contribution in [0.4, 0.5) is 0 Å². The molecule has 4 nitrogen and oxygen atoms in total. The topological polar surface area (TPSA) is 49.6 Å². The number of nitrogens with zero attached hydrogens (tertiary/aromatic N) is 2. The number of nitrogens with two attached hydrogens (primary N) is 1. The summed E-state index contributed by atoms with van der Waals surface area (Å²) in [5, 5.41) is 0. The number of halogens is 1. The Morgan fingerprint density at radius 3 is 2.57 bits per heavy atom. The van der Waals surface area contributed by atoms with Crippen LogP contribution in [0.25, 0.3) is 0 Å². The summed E-state index contributed by atoms with van der Waals surface area (Å²) in [5.41, 5.74) is 6.24. The molecule has 1 aliphatic rings. The third kappa shape index (κ3) is 3.65. The van der Waals surface area contributed by atoms with Gasteiger partial charge in [0.1, 0.15) is 5.54 Å². The molecule has 2 N–H and O–H groups in total. The molecule has 1 heterocycles. The van der Waals surface area contributed by atoms with Gasteiger partial charge >= 0.3 is 0 Å². The first kappa shape index (κ1) is 16.5. The number of rotatable bonds is 3. The Bertz CT molecular complexity index is 499. The molecule has 0 bridgehead atoms. The second-order valence-electron chi connectivity index (χ2n) is 6.22. The van der Waals surface area contributed by atoms with E-state index in [1.807, 2.05) is 29.2 Å². The molecule has 2 rings (SSSR count). The van der Waals surface area contributed by atoms with Crippen molar-refractivity contribution < 1.29 is 4.79 Å². The smallest absolute Gasteiger partial charge is 0.247 e. The van der Waals surface area contributed by atoms with Gasteiger partial charge in [0.05, 0.1) is 0 Å². The van der Waals surface area contributed by atoms with Crippen molar-refractivity contribution in [3.05, 3.63) is 34.3 Å². The molecule has 21 heavy (non-hydrogen) atoms. The molecule has 1 fully saturated rings. The number of hydrogen-bond donors (Lipinski definition) is 1. The Balaban J connectivity index is 2.15. The van der Waals surface area contributed by atoms with Crippen LogP contribution in [0.15, 0.2) is 28.7 Å². The van der Waals surface area contributed by atoms with Crippen LogP contribution in [-0.2, 0) is 10.3 Å². The van der Waals surface area contributed by atoms with Crippen LogP contribution in [0.3, 0.4) is 0 Å². The summed E-state index contributed by atoms with van der Waals surface area (Å²) in [6, 6.07) is 8.09. The molecule has 0 saturated carbocycles. The summed E-state index contributed by atoms with van der Waals surface area (Å²) >= 11 is 3.41. The highest BCUT2D eigenvalue weighted by Crippen LogP contribution is 2.25. The maximum absolute atomic E-state index is 12.8. The maximum atomic E-state index is 12.8. The van der Waals surface area contributed by atoms with E-state index in [0.29, 0.717) is 6.04 Å². The van der Waals surface area contributed by atoms with Gasteiger partial charge in [0.15, 0.2) is 0 Å². The van der Waals surface area contributed by atoms with E-state index in [0.717, 1.165) is 36.0 Å². The van der Waals surface area contributed by atoms with Gasteiger partial charge in [0, 0.05) is 23.6 Å². The molecule has 1 aromatic carbocycles. The normalized spacial score (nSPS) is 22.2. The molecule has 0 spiro atoms. The zero-order valence-electron chi connectivity index (χ0n) is 13.0. The highest BCUT2D eigenvalue weighted by molar-refractivity contribution is 9.10. The third-order valence-corrected chi connectivity index (χ3v) is 4.83. The fourth-order valence-electron chi connectivity index (χ4n) is 2.81. The average molecular weight is 354 g/mol. The second kappa shape index (κ2) is 6.46. The first-order valence-corrected chi connectivity index (χ1v) is 8.12. The van der Waals surface area contributed by atoms with Gasteiger partial charge in [0.25, 0.3) is 0 Å². The molecule has 2 atom stereocenters. The van der Waals surface area contributed by atoms with Crippen LogP contribution in [0, 0.1) is 0 Å². The highest BCUT2D eigenvalue weighted by Gasteiger charge is 2.36. The summed E-state index contributed by atoms with van der Waals surface area (Å²) in [6.07, 6.45) is 2.17.